The summed E-state index contributed by atoms with van der Waals surface area (Å²) >= 11 is 2.94. The van der Waals surface area contributed by atoms with Crippen LogP contribution in [0.15, 0.2) is 60.7 Å². The molecular weight excluding hydrogens is 755 g/mol. The molecule has 5 unspecified atom stereocenters. The van der Waals surface area contributed by atoms with Crippen molar-refractivity contribution in [3.8, 4) is 6.07 Å². The van der Waals surface area contributed by atoms with E-state index in [4.69, 9.17) is 24.2 Å². The number of rotatable bonds is 24. The van der Waals surface area contributed by atoms with Crippen LogP contribution in [0, 0.1) is 28.1 Å². The van der Waals surface area contributed by atoms with Gasteiger partial charge in [0.2, 0.25) is 0 Å². The zero-order chi connectivity index (χ0) is 42.1. The Morgan fingerprint density at radius 1 is 0.661 bits per heavy atom. The monoisotopic (exact) mass is 817 g/mol. The third-order valence-electron chi connectivity index (χ3n) is 9.18. The second-order valence-corrected chi connectivity index (χ2v) is 17.1. The Hall–Kier alpha value is -3.57. The summed E-state index contributed by atoms with van der Waals surface area (Å²) in [6.07, 6.45) is -0.0606. The fraction of sp³-hybridized carbons (Fsp3) is 0.605. The molecule has 2 aromatic carbocycles. The standard InChI is InChI=1S/C23H33NO5S.C20H30O5S/c1-5-23(3,4)22(27)29-14-20(25)13-28-21(26)16-30-15-19(11-17(2)12-24)18-9-7-6-8-10-18;1-5-20(3,4)19(23)25-12-17(21)11-24-18(22)14-26-13-15(2)16-9-7-6-8-10-16/h6-10,17,19-20,25H,5,11,13-16H2,1-4H3;6-10,15,17,21H,5,11-14H2,1-4H3. The molecule has 13 heteroatoms. The lowest BCUT2D eigenvalue weighted by Crippen LogP contribution is -2.31. The topological polar surface area (TPSA) is 169 Å². The first-order valence-corrected chi connectivity index (χ1v) is 21.4. The molecular formula is C43H63NO10S2. The van der Waals surface area contributed by atoms with Gasteiger partial charge in [0.15, 0.2) is 0 Å². The molecule has 0 amide bonds. The van der Waals surface area contributed by atoms with Crippen LogP contribution in [-0.2, 0) is 38.1 Å². The van der Waals surface area contributed by atoms with Crippen molar-refractivity contribution in [3.05, 3.63) is 71.8 Å². The van der Waals surface area contributed by atoms with Gasteiger partial charge >= 0.3 is 23.9 Å². The molecule has 0 aliphatic rings. The maximum absolute atomic E-state index is 12.0. The van der Waals surface area contributed by atoms with Gasteiger partial charge in [-0.05, 0) is 76.8 Å². The predicted octanol–water partition coefficient (Wildman–Crippen LogP) is 7.34. The highest BCUT2D eigenvalue weighted by atomic mass is 32.2. The summed E-state index contributed by atoms with van der Waals surface area (Å²) in [5, 5.41) is 28.8. The average molecular weight is 818 g/mol. The van der Waals surface area contributed by atoms with Gasteiger partial charge in [0.05, 0.1) is 28.4 Å². The minimum Gasteiger partial charge on any atom is -0.462 e. The first-order chi connectivity index (χ1) is 26.4. The minimum atomic E-state index is -1.05. The van der Waals surface area contributed by atoms with Crippen LogP contribution >= 0.6 is 23.5 Å². The molecule has 0 radical (unpaired) electrons. The van der Waals surface area contributed by atoms with Crippen molar-refractivity contribution in [2.75, 3.05) is 49.4 Å². The third kappa shape index (κ3) is 21.1. The molecule has 0 fully saturated rings. The fourth-order valence-electron chi connectivity index (χ4n) is 4.57. The Bertz CT molecular complexity index is 1480. The molecule has 0 saturated carbocycles. The van der Waals surface area contributed by atoms with Crippen molar-refractivity contribution in [1.82, 2.24) is 0 Å². The van der Waals surface area contributed by atoms with Crippen LogP contribution in [0.1, 0.15) is 97.6 Å². The van der Waals surface area contributed by atoms with Crippen LogP contribution in [0.4, 0.5) is 0 Å². The Morgan fingerprint density at radius 3 is 1.46 bits per heavy atom. The Balaban J connectivity index is 0.000000566. The van der Waals surface area contributed by atoms with Gasteiger partial charge in [0.1, 0.15) is 38.6 Å². The molecule has 0 aliphatic heterocycles. The van der Waals surface area contributed by atoms with E-state index in [1.807, 2.05) is 69.3 Å². The lowest BCUT2D eigenvalue weighted by molar-refractivity contribution is -0.160. The molecule has 2 N–H and O–H groups in total. The van der Waals surface area contributed by atoms with Gasteiger partial charge in [-0.3, -0.25) is 19.2 Å². The smallest absolute Gasteiger partial charge is 0.315 e. The van der Waals surface area contributed by atoms with Gasteiger partial charge in [-0.15, -0.1) is 23.5 Å². The van der Waals surface area contributed by atoms with E-state index in [2.05, 4.69) is 25.1 Å². The third-order valence-corrected chi connectivity index (χ3v) is 11.4. The van der Waals surface area contributed by atoms with E-state index in [0.29, 0.717) is 24.5 Å². The summed E-state index contributed by atoms with van der Waals surface area (Å²) in [4.78, 5) is 47.4. The van der Waals surface area contributed by atoms with E-state index in [1.165, 1.54) is 29.1 Å². The van der Waals surface area contributed by atoms with E-state index in [9.17, 15) is 29.4 Å². The van der Waals surface area contributed by atoms with Crippen molar-refractivity contribution in [2.24, 2.45) is 16.7 Å². The van der Waals surface area contributed by atoms with Crippen LogP contribution < -0.4 is 0 Å². The number of carbonyl (C=O) groups excluding carboxylic acids is 4. The highest BCUT2D eigenvalue weighted by Crippen LogP contribution is 2.28. The summed E-state index contributed by atoms with van der Waals surface area (Å²) in [6, 6.07) is 22.3. The predicted molar refractivity (Wildman–Crippen MR) is 222 cm³/mol. The number of hydrogen-bond donors (Lipinski definition) is 2. The summed E-state index contributed by atoms with van der Waals surface area (Å²) < 4.78 is 20.3. The first kappa shape index (κ1) is 50.4. The van der Waals surface area contributed by atoms with E-state index >= 15 is 0 Å². The van der Waals surface area contributed by atoms with Crippen LogP contribution in [0.25, 0.3) is 0 Å². The minimum absolute atomic E-state index is 0.0710. The first-order valence-electron chi connectivity index (χ1n) is 19.1. The zero-order valence-electron chi connectivity index (χ0n) is 34.4. The van der Waals surface area contributed by atoms with Gasteiger partial charge in [-0.1, -0.05) is 81.4 Å². The lowest BCUT2D eigenvalue weighted by atomic mass is 9.91. The molecule has 5 atom stereocenters. The molecule has 0 heterocycles. The van der Waals surface area contributed by atoms with E-state index in [0.717, 1.165) is 17.7 Å². The highest BCUT2D eigenvalue weighted by Gasteiger charge is 2.29. The normalized spacial score (nSPS) is 14.0. The number of nitriles is 1. The van der Waals surface area contributed by atoms with Crippen molar-refractivity contribution < 1.29 is 48.3 Å². The molecule has 0 saturated heterocycles. The number of ether oxygens (including phenoxy) is 4. The Labute approximate surface area is 342 Å². The van der Waals surface area contributed by atoms with E-state index in [-0.39, 0.29) is 67.7 Å². The highest BCUT2D eigenvalue weighted by molar-refractivity contribution is 8.00. The van der Waals surface area contributed by atoms with Crippen LogP contribution in [0.5, 0.6) is 0 Å². The molecule has 0 spiro atoms. The second kappa shape index (κ2) is 27.1. The number of carbonyl (C=O) groups is 4. The largest absolute Gasteiger partial charge is 0.462 e. The van der Waals surface area contributed by atoms with Crippen molar-refractivity contribution >= 4 is 47.4 Å². The molecule has 56 heavy (non-hydrogen) atoms. The van der Waals surface area contributed by atoms with Gasteiger partial charge < -0.3 is 29.2 Å². The Morgan fingerprint density at radius 2 is 1.05 bits per heavy atom. The lowest BCUT2D eigenvalue weighted by Gasteiger charge is -2.21. The van der Waals surface area contributed by atoms with Crippen molar-refractivity contribution in [2.45, 2.75) is 98.7 Å². The van der Waals surface area contributed by atoms with E-state index in [1.54, 1.807) is 27.7 Å². The molecule has 2 aromatic rings. The van der Waals surface area contributed by atoms with Crippen LogP contribution in [0.3, 0.4) is 0 Å². The fourth-order valence-corrected chi connectivity index (χ4v) is 6.46. The number of aliphatic hydroxyl groups is 2. The second-order valence-electron chi connectivity index (χ2n) is 15.1. The molecule has 312 valence electrons. The van der Waals surface area contributed by atoms with Gasteiger partial charge in [-0.25, -0.2) is 0 Å². The summed E-state index contributed by atoms with van der Waals surface area (Å²) in [5.74, 6) is 0.772. The molecule has 0 bridgehead atoms. The summed E-state index contributed by atoms with van der Waals surface area (Å²) in [6.45, 7) is 14.2. The zero-order valence-corrected chi connectivity index (χ0v) is 36.0. The van der Waals surface area contributed by atoms with Crippen molar-refractivity contribution in [1.29, 1.82) is 5.26 Å². The molecule has 0 aromatic heterocycles. The van der Waals surface area contributed by atoms with Gasteiger partial charge in [-0.2, -0.15) is 5.26 Å². The molecule has 11 nitrogen and oxygen atoms in total. The van der Waals surface area contributed by atoms with E-state index < -0.39 is 29.0 Å². The Kier molecular flexibility index (Phi) is 24.4. The SMILES string of the molecule is CCC(C)(C)C(=O)OCC(O)COC(=O)CSCC(C)c1ccccc1.CCC(C)(C)C(=O)OCC(O)COC(=O)CSCC(CC(C)C#N)c1ccccc1. The maximum atomic E-state index is 12.0. The number of esters is 4. The van der Waals surface area contributed by atoms with Gasteiger partial charge in [0, 0.05) is 17.4 Å². The summed E-state index contributed by atoms with van der Waals surface area (Å²) in [7, 11) is 0. The van der Waals surface area contributed by atoms with Crippen LogP contribution in [0.2, 0.25) is 0 Å². The number of thioether (sulfide) groups is 2. The van der Waals surface area contributed by atoms with Gasteiger partial charge in [0.25, 0.3) is 0 Å². The summed E-state index contributed by atoms with van der Waals surface area (Å²) in [5.41, 5.74) is 1.20. The molecule has 2 rings (SSSR count). The number of aliphatic hydroxyl groups excluding tert-OH is 2. The average Bonchev–Trinajstić information content (AvgIpc) is 3.20. The number of nitrogens with zero attached hydrogens (tertiary/aromatic N) is 1. The number of hydrogen-bond acceptors (Lipinski definition) is 13. The quantitative estimate of drug-likeness (QED) is 0.0798. The van der Waals surface area contributed by atoms with Crippen LogP contribution in [-0.4, -0.2) is 95.7 Å². The van der Waals surface area contributed by atoms with Crippen molar-refractivity contribution in [3.63, 3.8) is 0 Å². The maximum Gasteiger partial charge on any atom is 0.315 e. The molecule has 0 aliphatic carbocycles. The number of benzene rings is 2.